The first-order chi connectivity index (χ1) is 10.6. The third-order valence-electron chi connectivity index (χ3n) is 3.49. The molecule has 1 aliphatic heterocycles. The molecule has 0 radical (unpaired) electrons. The Balaban J connectivity index is 1.65. The summed E-state index contributed by atoms with van der Waals surface area (Å²) in [5.41, 5.74) is 1.79. The van der Waals surface area contributed by atoms with Crippen LogP contribution in [0.2, 0.25) is 0 Å². The van der Waals surface area contributed by atoms with E-state index in [1.165, 1.54) is 12.1 Å². The highest BCUT2D eigenvalue weighted by molar-refractivity contribution is 5.69. The number of rotatable bonds is 5. The Morgan fingerprint density at radius 1 is 1.23 bits per heavy atom. The van der Waals surface area contributed by atoms with E-state index in [0.717, 1.165) is 11.1 Å². The summed E-state index contributed by atoms with van der Waals surface area (Å²) in [5, 5.41) is 14.9. The van der Waals surface area contributed by atoms with Crippen molar-refractivity contribution in [2.24, 2.45) is 0 Å². The highest BCUT2D eigenvalue weighted by Gasteiger charge is 2.21. The van der Waals surface area contributed by atoms with Gasteiger partial charge in [0.15, 0.2) is 0 Å². The number of ether oxygens (including phenoxy) is 1. The van der Waals surface area contributed by atoms with E-state index < -0.39 is 4.92 Å². The monoisotopic (exact) mass is 302 g/mol. The number of benzene rings is 1. The van der Waals surface area contributed by atoms with Crippen molar-refractivity contribution in [2.75, 3.05) is 19.7 Å². The molecule has 1 aromatic heterocycles. The van der Waals surface area contributed by atoms with E-state index >= 15 is 0 Å². The smallest absolute Gasteiger partial charge is 0.410 e. The first-order valence-corrected chi connectivity index (χ1v) is 6.82. The standard InChI is InChI=1S/C14H14N4O4/c19-14-16(7-8-22-14)5-6-17-10-12(9-15-17)11-1-3-13(4-2-11)18(20)21/h1-4,9-10H,5-8H2. The third-order valence-corrected chi connectivity index (χ3v) is 3.49. The molecule has 8 nitrogen and oxygen atoms in total. The van der Waals surface area contributed by atoms with Crippen LogP contribution in [0.5, 0.6) is 0 Å². The fourth-order valence-corrected chi connectivity index (χ4v) is 2.26. The van der Waals surface area contributed by atoms with Crippen molar-refractivity contribution in [1.82, 2.24) is 14.7 Å². The molecule has 1 fully saturated rings. The summed E-state index contributed by atoms with van der Waals surface area (Å²) in [7, 11) is 0. The van der Waals surface area contributed by atoms with Gasteiger partial charge in [-0.15, -0.1) is 0 Å². The largest absolute Gasteiger partial charge is 0.448 e. The molecule has 0 bridgehead atoms. The van der Waals surface area contributed by atoms with E-state index in [1.807, 2.05) is 6.20 Å². The Hall–Kier alpha value is -2.90. The Kier molecular flexibility index (Phi) is 3.73. The van der Waals surface area contributed by atoms with Crippen LogP contribution in [-0.2, 0) is 11.3 Å². The zero-order valence-corrected chi connectivity index (χ0v) is 11.7. The number of aromatic nitrogens is 2. The highest BCUT2D eigenvalue weighted by atomic mass is 16.6. The van der Waals surface area contributed by atoms with Crippen molar-refractivity contribution in [3.05, 3.63) is 46.8 Å². The lowest BCUT2D eigenvalue weighted by Gasteiger charge is -2.11. The van der Waals surface area contributed by atoms with Crippen molar-refractivity contribution in [1.29, 1.82) is 0 Å². The number of nitro groups is 1. The number of carbonyl (C=O) groups is 1. The normalized spacial score (nSPS) is 14.2. The second-order valence-electron chi connectivity index (χ2n) is 4.90. The van der Waals surface area contributed by atoms with Crippen LogP contribution in [0, 0.1) is 10.1 Å². The number of cyclic esters (lactones) is 1. The SMILES string of the molecule is O=C1OCCN1CCn1cc(-c2ccc([N+](=O)[O-])cc2)cn1. The van der Waals surface area contributed by atoms with Crippen LogP contribution in [-0.4, -0.2) is 45.4 Å². The van der Waals surface area contributed by atoms with Crippen LogP contribution in [0.4, 0.5) is 10.5 Å². The predicted octanol–water partition coefficient (Wildman–Crippen LogP) is 1.91. The molecule has 0 spiro atoms. The number of nitrogens with zero attached hydrogens (tertiary/aromatic N) is 4. The van der Waals surface area contributed by atoms with Gasteiger partial charge in [0, 0.05) is 30.4 Å². The summed E-state index contributed by atoms with van der Waals surface area (Å²) in [5.74, 6) is 0. The van der Waals surface area contributed by atoms with E-state index in [4.69, 9.17) is 4.74 Å². The fraction of sp³-hybridized carbons (Fsp3) is 0.286. The van der Waals surface area contributed by atoms with Gasteiger partial charge in [-0.2, -0.15) is 5.10 Å². The molecule has 114 valence electrons. The Labute approximate surface area is 126 Å². The van der Waals surface area contributed by atoms with Crippen molar-refractivity contribution in [2.45, 2.75) is 6.54 Å². The van der Waals surface area contributed by atoms with Crippen LogP contribution in [0.3, 0.4) is 0 Å². The van der Waals surface area contributed by atoms with E-state index in [0.29, 0.717) is 26.2 Å². The lowest BCUT2D eigenvalue weighted by atomic mass is 10.1. The zero-order valence-electron chi connectivity index (χ0n) is 11.7. The highest BCUT2D eigenvalue weighted by Crippen LogP contribution is 2.21. The minimum Gasteiger partial charge on any atom is -0.448 e. The first kappa shape index (κ1) is 14.1. The maximum Gasteiger partial charge on any atom is 0.410 e. The molecule has 0 atom stereocenters. The maximum absolute atomic E-state index is 11.3. The van der Waals surface area contributed by atoms with Gasteiger partial charge in [0.1, 0.15) is 6.61 Å². The summed E-state index contributed by atoms with van der Waals surface area (Å²) >= 11 is 0. The molecule has 0 N–H and O–H groups in total. The number of hydrogen-bond acceptors (Lipinski definition) is 5. The quantitative estimate of drug-likeness (QED) is 0.621. The average molecular weight is 302 g/mol. The van der Waals surface area contributed by atoms with Gasteiger partial charge in [-0.3, -0.25) is 14.8 Å². The minimum absolute atomic E-state index is 0.0590. The van der Waals surface area contributed by atoms with Crippen LogP contribution >= 0.6 is 0 Å². The van der Waals surface area contributed by atoms with Gasteiger partial charge < -0.3 is 9.64 Å². The number of hydrogen-bond donors (Lipinski definition) is 0. The van der Waals surface area contributed by atoms with Crippen LogP contribution in [0.15, 0.2) is 36.7 Å². The third kappa shape index (κ3) is 2.90. The minimum atomic E-state index is -0.428. The summed E-state index contributed by atoms with van der Waals surface area (Å²) in [4.78, 5) is 23.2. The Bertz CT molecular complexity index is 695. The molecule has 3 rings (SSSR count). The lowest BCUT2D eigenvalue weighted by Crippen LogP contribution is -2.28. The van der Waals surface area contributed by atoms with Crippen LogP contribution < -0.4 is 0 Å². The van der Waals surface area contributed by atoms with Gasteiger partial charge in [0.05, 0.1) is 24.2 Å². The molecule has 0 saturated carbocycles. The Morgan fingerprint density at radius 3 is 2.64 bits per heavy atom. The molecule has 1 aromatic carbocycles. The Morgan fingerprint density at radius 2 is 2.00 bits per heavy atom. The molecule has 0 unspecified atom stereocenters. The molecule has 2 heterocycles. The van der Waals surface area contributed by atoms with Gasteiger partial charge in [-0.05, 0) is 17.7 Å². The molecule has 8 heteroatoms. The first-order valence-electron chi connectivity index (χ1n) is 6.82. The summed E-state index contributed by atoms with van der Waals surface area (Å²) < 4.78 is 6.60. The zero-order chi connectivity index (χ0) is 15.5. The predicted molar refractivity (Wildman–Crippen MR) is 77.2 cm³/mol. The van der Waals surface area contributed by atoms with Crippen LogP contribution in [0.25, 0.3) is 11.1 Å². The summed E-state index contributed by atoms with van der Waals surface area (Å²) in [6, 6.07) is 6.31. The van der Waals surface area contributed by atoms with E-state index in [2.05, 4.69) is 5.10 Å². The van der Waals surface area contributed by atoms with Gasteiger partial charge in [0.2, 0.25) is 0 Å². The summed E-state index contributed by atoms with van der Waals surface area (Å²) in [6.07, 6.45) is 3.26. The molecule has 22 heavy (non-hydrogen) atoms. The maximum atomic E-state index is 11.3. The second-order valence-corrected chi connectivity index (χ2v) is 4.90. The van der Waals surface area contributed by atoms with Crippen molar-refractivity contribution in [3.63, 3.8) is 0 Å². The molecule has 2 aromatic rings. The van der Waals surface area contributed by atoms with Crippen molar-refractivity contribution in [3.8, 4) is 11.1 Å². The van der Waals surface area contributed by atoms with E-state index in [1.54, 1.807) is 27.9 Å². The average Bonchev–Trinajstić information content (AvgIpc) is 3.14. The van der Waals surface area contributed by atoms with Gasteiger partial charge in [0.25, 0.3) is 5.69 Å². The number of carbonyl (C=O) groups excluding carboxylic acids is 1. The van der Waals surface area contributed by atoms with Crippen molar-refractivity contribution < 1.29 is 14.5 Å². The number of non-ortho nitro benzene ring substituents is 1. The lowest BCUT2D eigenvalue weighted by molar-refractivity contribution is -0.384. The van der Waals surface area contributed by atoms with Crippen molar-refractivity contribution >= 4 is 11.8 Å². The topological polar surface area (TPSA) is 90.5 Å². The fourth-order valence-electron chi connectivity index (χ4n) is 2.26. The number of amides is 1. The molecule has 1 saturated heterocycles. The van der Waals surface area contributed by atoms with E-state index in [9.17, 15) is 14.9 Å². The second kappa shape index (κ2) is 5.84. The summed E-state index contributed by atoms with van der Waals surface area (Å²) in [6.45, 7) is 2.16. The molecular formula is C14H14N4O4. The molecule has 1 aliphatic rings. The number of nitro benzene ring substituents is 1. The van der Waals surface area contributed by atoms with E-state index in [-0.39, 0.29) is 11.8 Å². The van der Waals surface area contributed by atoms with Gasteiger partial charge >= 0.3 is 6.09 Å². The van der Waals surface area contributed by atoms with Gasteiger partial charge in [-0.25, -0.2) is 4.79 Å². The molecular weight excluding hydrogens is 288 g/mol. The van der Waals surface area contributed by atoms with Gasteiger partial charge in [-0.1, -0.05) is 0 Å². The molecule has 1 amide bonds. The molecule has 0 aliphatic carbocycles. The van der Waals surface area contributed by atoms with Crippen LogP contribution in [0.1, 0.15) is 0 Å².